The van der Waals surface area contributed by atoms with Gasteiger partial charge in [-0.1, -0.05) is 88.5 Å². The van der Waals surface area contributed by atoms with Crippen molar-refractivity contribution < 1.29 is 24.9 Å². The van der Waals surface area contributed by atoms with E-state index >= 15 is 0 Å². The average molecular weight is 959 g/mol. The van der Waals surface area contributed by atoms with Gasteiger partial charge >= 0.3 is 0 Å². The Morgan fingerprint density at radius 1 is 0.627 bits per heavy atom. The van der Waals surface area contributed by atoms with Gasteiger partial charge in [0.1, 0.15) is 16.8 Å². The van der Waals surface area contributed by atoms with Crippen molar-refractivity contribution >= 4 is 46.6 Å². The molecule has 8 rings (SSSR count). The van der Waals surface area contributed by atoms with Gasteiger partial charge in [0, 0.05) is 92.6 Å². The van der Waals surface area contributed by atoms with Gasteiger partial charge in [-0.2, -0.15) is 0 Å². The molecule has 2 aromatic heterocycles. The van der Waals surface area contributed by atoms with Crippen LogP contribution in [0.5, 0.6) is 0 Å². The second-order valence-corrected chi connectivity index (χ2v) is 18.7. The minimum Gasteiger partial charge on any atom is -0.378 e. The lowest BCUT2D eigenvalue weighted by Gasteiger charge is -2.33. The summed E-state index contributed by atoms with van der Waals surface area (Å²) < 4.78 is 0. The molecule has 0 aliphatic heterocycles. The lowest BCUT2D eigenvalue weighted by molar-refractivity contribution is 0.0451. The van der Waals surface area contributed by atoms with Gasteiger partial charge in [0.25, 0.3) is 5.91 Å². The third-order valence-electron chi connectivity index (χ3n) is 11.8. The first-order chi connectivity index (χ1) is 32.1. The quantitative estimate of drug-likeness (QED) is 0.0966. The first kappa shape index (κ1) is 50.7. The lowest BCUT2D eigenvalue weighted by atomic mass is 9.74. The number of pyridine rings is 2. The van der Waals surface area contributed by atoms with E-state index in [1.165, 1.54) is 0 Å². The van der Waals surface area contributed by atoms with Crippen molar-refractivity contribution in [1.82, 2.24) is 15.3 Å². The van der Waals surface area contributed by atoms with Gasteiger partial charge in [-0.05, 0) is 148 Å². The van der Waals surface area contributed by atoms with E-state index in [1.54, 1.807) is 79.4 Å². The number of hydrogen-bond acceptors (Lipinski definition) is 8. The number of rotatable bonds is 4. The monoisotopic (exact) mass is 957 g/mol. The van der Waals surface area contributed by atoms with Gasteiger partial charge in [-0.25, -0.2) is 0 Å². The first-order valence-corrected chi connectivity index (χ1v) is 23.5. The van der Waals surface area contributed by atoms with Crippen molar-refractivity contribution in [2.24, 2.45) is 11.5 Å². The minimum absolute atomic E-state index is 0.00334. The van der Waals surface area contributed by atoms with E-state index in [0.717, 1.165) is 60.8 Å². The van der Waals surface area contributed by atoms with Crippen molar-refractivity contribution in [2.75, 3.05) is 0 Å². The van der Waals surface area contributed by atoms with Gasteiger partial charge in [0.05, 0.1) is 0 Å². The molecule has 0 spiro atoms. The molecule has 6 atom stereocenters. The highest BCUT2D eigenvalue weighted by Gasteiger charge is 2.36. The third kappa shape index (κ3) is 16.0. The van der Waals surface area contributed by atoms with Crippen LogP contribution in [0.4, 0.5) is 0 Å². The molecule has 2 amide bonds. The van der Waals surface area contributed by atoms with Crippen molar-refractivity contribution in [3.63, 3.8) is 0 Å². The van der Waals surface area contributed by atoms with Gasteiger partial charge in [0.15, 0.2) is 0 Å². The Hall–Kier alpha value is -5.71. The maximum atomic E-state index is 12.3. The number of aromatic nitrogens is 2. The molecule has 0 unspecified atom stereocenters. The molecule has 3 aromatic carbocycles. The number of nitrogens with zero attached hydrogens (tertiary/aromatic N) is 2. The third-order valence-corrected chi connectivity index (χ3v) is 12.6. The summed E-state index contributed by atoms with van der Waals surface area (Å²) >= 11 is 17.8. The number of primary amides is 1. The molecule has 0 saturated heterocycles. The maximum absolute atomic E-state index is 12.3. The Morgan fingerprint density at radius 3 is 1.61 bits per heavy atom. The lowest BCUT2D eigenvalue weighted by Crippen LogP contribution is -2.45. The molecule has 10 nitrogen and oxygen atoms in total. The largest absolute Gasteiger partial charge is 0.378 e. The fourth-order valence-electron chi connectivity index (χ4n) is 8.52. The average Bonchev–Trinajstić information content (AvgIpc) is 3.30. The topological polar surface area (TPSA) is 185 Å². The fraction of sp³-hybridized carbons (Fsp3) is 0.333. The van der Waals surface area contributed by atoms with E-state index in [4.69, 9.17) is 46.3 Å². The van der Waals surface area contributed by atoms with Crippen LogP contribution in [0.1, 0.15) is 126 Å². The Labute approximate surface area is 407 Å². The molecular formula is C54H54Cl3N5O5. The predicted octanol–water partition coefficient (Wildman–Crippen LogP) is 8.79. The summed E-state index contributed by atoms with van der Waals surface area (Å²) in [6.45, 7) is 0. The van der Waals surface area contributed by atoms with E-state index in [-0.39, 0.29) is 23.9 Å². The summed E-state index contributed by atoms with van der Waals surface area (Å²) in [5, 5.41) is 36.9. The van der Waals surface area contributed by atoms with Crippen LogP contribution in [-0.2, 0) is 0 Å². The Kier molecular flexibility index (Phi) is 18.0. The molecule has 0 bridgehead atoms. The van der Waals surface area contributed by atoms with Crippen molar-refractivity contribution in [1.29, 1.82) is 0 Å². The highest BCUT2D eigenvalue weighted by Crippen LogP contribution is 2.39. The van der Waals surface area contributed by atoms with Crippen LogP contribution in [0.2, 0.25) is 15.1 Å². The zero-order valence-electron chi connectivity index (χ0n) is 37.0. The van der Waals surface area contributed by atoms with Crippen LogP contribution < -0.4 is 16.8 Å². The number of hydrogen-bond donors (Lipinski definition) is 6. The number of benzene rings is 3. The van der Waals surface area contributed by atoms with E-state index in [0.29, 0.717) is 64.7 Å². The first-order valence-electron chi connectivity index (χ1n) is 22.3. The minimum atomic E-state index is -1.10. The molecule has 5 aromatic rings. The van der Waals surface area contributed by atoms with Crippen LogP contribution in [-0.4, -0.2) is 66.0 Å². The number of aliphatic hydroxyl groups is 3. The molecule has 3 aliphatic carbocycles. The normalized spacial score (nSPS) is 24.1. The van der Waals surface area contributed by atoms with Crippen LogP contribution in [0.15, 0.2) is 116 Å². The molecule has 67 heavy (non-hydrogen) atoms. The van der Waals surface area contributed by atoms with Crippen LogP contribution >= 0.6 is 34.8 Å². The number of nitrogens with two attached hydrogens (primary N) is 2. The van der Waals surface area contributed by atoms with Crippen molar-refractivity contribution in [3.05, 3.63) is 164 Å². The SMILES string of the molecule is NC(=O)c1ccncc1[C@H]1CCC[C@@](O)(C#Cc2cccc(Cl)c2)C1.N[C@@H]1CCC[C@](O)(C#Cc2cccc(Cl)c2)C1.O=C(N[C@@H]1CCC[C@](O)(C#Cc2cccc(Cl)c2)C1)c1ccncc1. The van der Waals surface area contributed by atoms with Gasteiger partial charge in [-0.15, -0.1) is 0 Å². The van der Waals surface area contributed by atoms with Gasteiger partial charge in [-0.3, -0.25) is 19.6 Å². The summed E-state index contributed by atoms with van der Waals surface area (Å²) in [5.74, 6) is 17.3. The number of nitrogens with one attached hydrogen (secondary N) is 1. The van der Waals surface area contributed by atoms with Gasteiger partial charge < -0.3 is 32.1 Å². The summed E-state index contributed by atoms with van der Waals surface area (Å²) in [5.41, 5.74) is 12.4. The highest BCUT2D eigenvalue weighted by atomic mass is 35.5. The van der Waals surface area contributed by atoms with Crippen LogP contribution in [0.3, 0.4) is 0 Å². The van der Waals surface area contributed by atoms with Gasteiger partial charge in [0.2, 0.25) is 5.91 Å². The zero-order chi connectivity index (χ0) is 47.9. The van der Waals surface area contributed by atoms with E-state index in [1.807, 2.05) is 36.4 Å². The summed E-state index contributed by atoms with van der Waals surface area (Å²) in [7, 11) is 0. The number of carbonyl (C=O) groups excluding carboxylic acids is 2. The van der Waals surface area contributed by atoms with Crippen LogP contribution in [0.25, 0.3) is 0 Å². The molecule has 3 fully saturated rings. The molecule has 3 saturated carbocycles. The zero-order valence-corrected chi connectivity index (χ0v) is 39.3. The predicted molar refractivity (Wildman–Crippen MR) is 264 cm³/mol. The standard InChI is InChI=1S/2C20H19ClN2O2.C14H16ClNO/c21-16-5-1-3-14(11-16)6-9-20(25)8-2-4-15(12-20)18-13-23-10-7-17(18)19(22)24;21-17-4-1-3-15(13-17)6-10-20(25)9-2-5-18(14-20)23-19(24)16-7-11-22-12-8-16;15-12-4-1-3-11(9-12)6-8-14(17)7-2-5-13(16)10-14/h1,3,5,7,10-11,13,15,25H,2,4,8,12H2,(H2,22,24);1,3-4,7-8,11-13,18,25H,2,5,9,14H2,(H,23,24);1,3-4,9,13,17H,2,5,7,10,16H2/t15-,20+;18-,20+;13-,14+/m011/s1. The maximum Gasteiger partial charge on any atom is 0.251 e. The Balaban J connectivity index is 0.000000169. The van der Waals surface area contributed by atoms with E-state index < -0.39 is 22.7 Å². The molecule has 8 N–H and O–H groups in total. The molecule has 3 aliphatic rings. The second kappa shape index (κ2) is 23.8. The van der Waals surface area contributed by atoms with Crippen molar-refractivity contribution in [2.45, 2.75) is 112 Å². The highest BCUT2D eigenvalue weighted by molar-refractivity contribution is 6.31. The summed E-state index contributed by atoms with van der Waals surface area (Å²) in [6, 6.07) is 26.7. The smallest absolute Gasteiger partial charge is 0.251 e. The second-order valence-electron chi connectivity index (χ2n) is 17.4. The molecule has 346 valence electrons. The van der Waals surface area contributed by atoms with Crippen molar-refractivity contribution in [3.8, 4) is 35.5 Å². The number of amides is 2. The Morgan fingerprint density at radius 2 is 1.10 bits per heavy atom. The molecular weight excluding hydrogens is 905 g/mol. The fourth-order valence-corrected chi connectivity index (χ4v) is 9.09. The molecule has 2 heterocycles. The van der Waals surface area contributed by atoms with E-state index in [9.17, 15) is 24.9 Å². The summed E-state index contributed by atoms with van der Waals surface area (Å²) in [4.78, 5) is 32.0. The molecule has 13 heteroatoms. The summed E-state index contributed by atoms with van der Waals surface area (Å²) in [6.07, 6.45) is 14.9. The number of halogens is 3. The van der Waals surface area contributed by atoms with Crippen LogP contribution in [0, 0.1) is 35.5 Å². The number of carbonyl (C=O) groups is 2. The Bertz CT molecular complexity index is 2710. The molecule has 0 radical (unpaired) electrons. The van der Waals surface area contributed by atoms with E-state index in [2.05, 4.69) is 50.8 Å².